The summed E-state index contributed by atoms with van der Waals surface area (Å²) in [6.45, 7) is 10.0. The lowest BCUT2D eigenvalue weighted by Gasteiger charge is -2.37. The van der Waals surface area contributed by atoms with Crippen molar-refractivity contribution in [1.29, 1.82) is 0 Å². The number of benzene rings is 2. The highest BCUT2D eigenvalue weighted by Crippen LogP contribution is 2.45. The maximum absolute atomic E-state index is 13.5. The number of nitrogens with zero attached hydrogens (tertiary/aromatic N) is 2. The fourth-order valence-electron chi connectivity index (χ4n) is 4.40. The Morgan fingerprint density at radius 3 is 2.54 bits per heavy atom. The van der Waals surface area contributed by atoms with Crippen LogP contribution in [0.5, 0.6) is 0 Å². The van der Waals surface area contributed by atoms with Gasteiger partial charge in [-0.15, -0.1) is 0 Å². The first-order chi connectivity index (χ1) is 16.7. The standard InChI is InChI=1S/C28H31N3O3S/c1-17(2)29-24(32)14-22-16-35-28-30-20(5)25(27(33)34-15-21-9-7-6-8-10-21)26(31(22)28)23-12-11-18(3)13-19(23)4/h6-13,16-17,26H,14-15H2,1-5H3,(H,29,32). The van der Waals surface area contributed by atoms with Crippen LogP contribution in [0.4, 0.5) is 0 Å². The van der Waals surface area contributed by atoms with E-state index in [2.05, 4.69) is 17.4 Å². The Bertz CT molecular complexity index is 1230. The van der Waals surface area contributed by atoms with Gasteiger partial charge in [-0.25, -0.2) is 9.79 Å². The Morgan fingerprint density at radius 2 is 1.86 bits per heavy atom. The van der Waals surface area contributed by atoms with E-state index in [1.165, 1.54) is 11.8 Å². The van der Waals surface area contributed by atoms with Gasteiger partial charge in [-0.1, -0.05) is 65.9 Å². The molecule has 1 unspecified atom stereocenters. The third-order valence-electron chi connectivity index (χ3n) is 5.94. The van der Waals surface area contributed by atoms with Crippen molar-refractivity contribution in [2.24, 2.45) is 4.99 Å². The molecule has 0 saturated heterocycles. The normalized spacial score (nSPS) is 17.2. The second-order valence-electron chi connectivity index (χ2n) is 9.21. The summed E-state index contributed by atoms with van der Waals surface area (Å²) in [5, 5.41) is 5.68. The van der Waals surface area contributed by atoms with E-state index in [-0.39, 0.29) is 25.0 Å². The molecule has 1 amide bonds. The Balaban J connectivity index is 1.71. The number of nitrogens with one attached hydrogen (secondary N) is 1. The number of esters is 1. The van der Waals surface area contributed by atoms with Gasteiger partial charge in [0.2, 0.25) is 5.91 Å². The number of thioether (sulfide) groups is 1. The van der Waals surface area contributed by atoms with Crippen molar-refractivity contribution in [2.75, 3.05) is 0 Å². The van der Waals surface area contributed by atoms with Gasteiger partial charge in [-0.3, -0.25) is 4.79 Å². The van der Waals surface area contributed by atoms with Crippen molar-refractivity contribution in [2.45, 2.75) is 59.7 Å². The van der Waals surface area contributed by atoms with E-state index < -0.39 is 12.0 Å². The highest BCUT2D eigenvalue weighted by atomic mass is 32.2. The molecular weight excluding hydrogens is 458 g/mol. The smallest absolute Gasteiger partial charge is 0.338 e. The molecule has 0 spiro atoms. The SMILES string of the molecule is CC1=C(C(=O)OCc2ccccc2)C(c2ccc(C)cc2C)N2C(CC(=O)NC(C)C)=CSC2=N1. The molecule has 0 bridgehead atoms. The van der Waals surface area contributed by atoms with Crippen LogP contribution in [-0.2, 0) is 20.9 Å². The van der Waals surface area contributed by atoms with Crippen molar-refractivity contribution in [3.63, 3.8) is 0 Å². The number of hydrogen-bond acceptors (Lipinski definition) is 6. The van der Waals surface area contributed by atoms with Crippen LogP contribution in [0, 0.1) is 13.8 Å². The molecule has 0 aliphatic carbocycles. The van der Waals surface area contributed by atoms with E-state index in [1.807, 2.05) is 81.3 Å². The first kappa shape index (κ1) is 24.8. The second kappa shape index (κ2) is 10.5. The van der Waals surface area contributed by atoms with Crippen LogP contribution in [-0.4, -0.2) is 28.0 Å². The fourth-order valence-corrected chi connectivity index (χ4v) is 5.36. The van der Waals surface area contributed by atoms with E-state index >= 15 is 0 Å². The molecule has 182 valence electrons. The van der Waals surface area contributed by atoms with Gasteiger partial charge < -0.3 is 15.0 Å². The highest BCUT2D eigenvalue weighted by molar-refractivity contribution is 8.16. The summed E-state index contributed by atoms with van der Waals surface area (Å²) >= 11 is 1.48. The molecular formula is C28H31N3O3S. The second-order valence-corrected chi connectivity index (χ2v) is 10.1. The number of fused-ring (bicyclic) bond motifs is 1. The van der Waals surface area contributed by atoms with Crippen LogP contribution >= 0.6 is 11.8 Å². The minimum absolute atomic E-state index is 0.0486. The number of allylic oxidation sites excluding steroid dienone is 1. The quantitative estimate of drug-likeness (QED) is 0.518. The van der Waals surface area contributed by atoms with Crippen LogP contribution in [0.3, 0.4) is 0 Å². The maximum Gasteiger partial charge on any atom is 0.338 e. The van der Waals surface area contributed by atoms with Gasteiger partial charge in [0.25, 0.3) is 0 Å². The number of hydrogen-bond donors (Lipinski definition) is 1. The van der Waals surface area contributed by atoms with Crippen molar-refractivity contribution in [3.8, 4) is 0 Å². The zero-order chi connectivity index (χ0) is 25.1. The van der Waals surface area contributed by atoms with E-state index in [9.17, 15) is 9.59 Å². The van der Waals surface area contributed by atoms with Crippen LogP contribution in [0.25, 0.3) is 0 Å². The fraction of sp³-hybridized carbons (Fsp3) is 0.321. The predicted molar refractivity (Wildman–Crippen MR) is 140 cm³/mol. The minimum atomic E-state index is -0.431. The topological polar surface area (TPSA) is 71.0 Å². The number of rotatable bonds is 7. The zero-order valence-corrected chi connectivity index (χ0v) is 21.6. The van der Waals surface area contributed by atoms with Gasteiger partial charge in [0, 0.05) is 11.7 Å². The molecule has 2 heterocycles. The summed E-state index contributed by atoms with van der Waals surface area (Å²) in [7, 11) is 0. The number of carbonyl (C=O) groups excluding carboxylic acids is 2. The monoisotopic (exact) mass is 489 g/mol. The first-order valence-corrected chi connectivity index (χ1v) is 12.6. The summed E-state index contributed by atoms with van der Waals surface area (Å²) in [4.78, 5) is 32.9. The number of carbonyl (C=O) groups is 2. The molecule has 0 fully saturated rings. The zero-order valence-electron chi connectivity index (χ0n) is 20.8. The Morgan fingerprint density at radius 1 is 1.11 bits per heavy atom. The predicted octanol–water partition coefficient (Wildman–Crippen LogP) is 5.54. The first-order valence-electron chi connectivity index (χ1n) is 11.8. The van der Waals surface area contributed by atoms with Crippen LogP contribution in [0.15, 0.2) is 75.9 Å². The van der Waals surface area contributed by atoms with Gasteiger partial charge in [0.1, 0.15) is 6.61 Å². The molecule has 35 heavy (non-hydrogen) atoms. The molecule has 0 aromatic heterocycles. The van der Waals surface area contributed by atoms with E-state index in [0.717, 1.165) is 33.1 Å². The lowest BCUT2D eigenvalue weighted by molar-refractivity contribution is -0.141. The molecule has 1 atom stereocenters. The number of amides is 1. The van der Waals surface area contributed by atoms with E-state index in [0.29, 0.717) is 11.3 Å². The summed E-state index contributed by atoms with van der Waals surface area (Å²) in [5.41, 5.74) is 6.07. The van der Waals surface area contributed by atoms with Gasteiger partial charge in [-0.05, 0) is 56.7 Å². The van der Waals surface area contributed by atoms with Crippen LogP contribution in [0.1, 0.15) is 55.5 Å². The van der Waals surface area contributed by atoms with Crippen LogP contribution in [0.2, 0.25) is 0 Å². The van der Waals surface area contributed by atoms with Gasteiger partial charge in [0.05, 0.1) is 23.7 Å². The molecule has 2 aromatic carbocycles. The Kier molecular flexibility index (Phi) is 7.45. The minimum Gasteiger partial charge on any atom is -0.457 e. The third-order valence-corrected chi connectivity index (χ3v) is 6.83. The number of aliphatic imine (C=N–C) groups is 1. The molecule has 6 nitrogen and oxygen atoms in total. The van der Waals surface area contributed by atoms with Gasteiger partial charge in [-0.2, -0.15) is 0 Å². The van der Waals surface area contributed by atoms with Crippen molar-refractivity contribution >= 4 is 28.8 Å². The van der Waals surface area contributed by atoms with Crippen molar-refractivity contribution in [3.05, 3.63) is 93.2 Å². The van der Waals surface area contributed by atoms with E-state index in [4.69, 9.17) is 9.73 Å². The summed E-state index contributed by atoms with van der Waals surface area (Å²) in [5.74, 6) is -0.464. The average Bonchev–Trinajstić information content (AvgIpc) is 3.18. The number of aryl methyl sites for hydroxylation is 2. The molecule has 2 aromatic rings. The largest absolute Gasteiger partial charge is 0.457 e. The van der Waals surface area contributed by atoms with Crippen molar-refractivity contribution in [1.82, 2.24) is 10.2 Å². The summed E-state index contributed by atoms with van der Waals surface area (Å²) < 4.78 is 5.77. The molecule has 4 rings (SSSR count). The summed E-state index contributed by atoms with van der Waals surface area (Å²) in [6, 6.07) is 15.5. The highest BCUT2D eigenvalue weighted by Gasteiger charge is 2.41. The maximum atomic E-state index is 13.5. The van der Waals surface area contributed by atoms with Crippen LogP contribution < -0.4 is 5.32 Å². The van der Waals surface area contributed by atoms with Crippen molar-refractivity contribution < 1.29 is 14.3 Å². The number of amidine groups is 1. The molecule has 2 aliphatic rings. The molecule has 1 N–H and O–H groups in total. The molecule has 0 radical (unpaired) electrons. The molecule has 2 aliphatic heterocycles. The third kappa shape index (κ3) is 5.51. The number of ether oxygens (including phenoxy) is 1. The van der Waals surface area contributed by atoms with Gasteiger partial charge >= 0.3 is 5.97 Å². The Labute approximate surface area is 211 Å². The summed E-state index contributed by atoms with van der Waals surface area (Å²) in [6.07, 6.45) is 0.205. The average molecular weight is 490 g/mol. The molecule has 7 heteroatoms. The molecule has 0 saturated carbocycles. The van der Waals surface area contributed by atoms with Gasteiger partial charge in [0.15, 0.2) is 5.17 Å². The van der Waals surface area contributed by atoms with E-state index in [1.54, 1.807) is 0 Å². The lowest BCUT2D eigenvalue weighted by atomic mass is 9.90. The lowest BCUT2D eigenvalue weighted by Crippen LogP contribution is -2.39. The Hall–Kier alpha value is -3.32.